The maximum absolute atomic E-state index is 13.2. The average molecular weight is 782 g/mol. The Morgan fingerprint density at radius 2 is 1.39 bits per heavy atom. The van der Waals surface area contributed by atoms with Crippen LogP contribution in [0.3, 0.4) is 0 Å². The van der Waals surface area contributed by atoms with Gasteiger partial charge in [0.2, 0.25) is 5.91 Å². The van der Waals surface area contributed by atoms with Crippen molar-refractivity contribution in [2.24, 2.45) is 0 Å². The summed E-state index contributed by atoms with van der Waals surface area (Å²) in [5.41, 5.74) is -0.819. The van der Waals surface area contributed by atoms with Gasteiger partial charge >= 0.3 is 23.9 Å². The fraction of sp³-hybridized carbons (Fsp3) is 0.600. The first-order valence-electron chi connectivity index (χ1n) is 16.7. The zero-order valence-electron chi connectivity index (χ0n) is 30.3. The number of hydrogen-bond acceptors (Lipinski definition) is 11. The predicted octanol–water partition coefficient (Wildman–Crippen LogP) is 4.03. The van der Waals surface area contributed by atoms with Crippen molar-refractivity contribution in [1.82, 2.24) is 20.6 Å². The highest BCUT2D eigenvalue weighted by atomic mass is 79.9. The van der Waals surface area contributed by atoms with E-state index in [9.17, 15) is 38.4 Å². The Labute approximate surface area is 306 Å². The van der Waals surface area contributed by atoms with E-state index in [4.69, 9.17) is 14.3 Å². The van der Waals surface area contributed by atoms with Gasteiger partial charge in [0, 0.05) is 36.8 Å². The monoisotopic (exact) mass is 780 g/mol. The molecule has 0 saturated carbocycles. The quantitative estimate of drug-likeness (QED) is 0.100. The van der Waals surface area contributed by atoms with Crippen molar-refractivity contribution >= 4 is 63.4 Å². The molecular formula is C35H49BrN4O11. The normalized spacial score (nSPS) is 14.3. The third-order valence-corrected chi connectivity index (χ3v) is 7.68. The first kappa shape index (κ1) is 42.8. The van der Waals surface area contributed by atoms with E-state index >= 15 is 0 Å². The van der Waals surface area contributed by atoms with E-state index in [1.807, 2.05) is 0 Å². The molecule has 0 spiro atoms. The van der Waals surface area contributed by atoms with Crippen LogP contribution in [0, 0.1) is 0 Å². The Balaban J connectivity index is 2.02. The number of carbonyl (C=O) groups excluding carboxylic acids is 8. The Bertz CT molecular complexity index is 1430. The Kier molecular flexibility index (Phi) is 16.2. The highest BCUT2D eigenvalue weighted by Gasteiger charge is 2.34. The molecule has 0 radical (unpaired) electrons. The zero-order valence-corrected chi connectivity index (χ0v) is 31.9. The lowest BCUT2D eigenvalue weighted by Gasteiger charge is -2.26. The van der Waals surface area contributed by atoms with Gasteiger partial charge < -0.3 is 29.8 Å². The Hall–Kier alpha value is -4.34. The van der Waals surface area contributed by atoms with E-state index in [1.165, 1.54) is 11.8 Å². The number of ether oxygens (including phenoxy) is 2. The van der Waals surface area contributed by atoms with Crippen LogP contribution in [0.2, 0.25) is 0 Å². The second kappa shape index (κ2) is 19.3. The molecule has 16 heteroatoms. The molecule has 1 aliphatic heterocycles. The van der Waals surface area contributed by atoms with E-state index in [1.54, 1.807) is 65.8 Å². The zero-order chi connectivity index (χ0) is 38.5. The molecule has 0 aromatic heterocycles. The van der Waals surface area contributed by atoms with E-state index in [2.05, 4.69) is 26.6 Å². The summed E-state index contributed by atoms with van der Waals surface area (Å²) in [5.74, 6) is -4.61. The number of rotatable bonds is 17. The smallest absolute Gasteiger partial charge is 0.342 e. The number of amides is 5. The van der Waals surface area contributed by atoms with Crippen molar-refractivity contribution in [2.75, 3.05) is 6.54 Å². The summed E-state index contributed by atoms with van der Waals surface area (Å²) in [4.78, 5) is 106. The molecule has 1 saturated heterocycles. The molecule has 2 rings (SSSR count). The van der Waals surface area contributed by atoms with E-state index in [0.29, 0.717) is 17.9 Å². The van der Waals surface area contributed by atoms with Gasteiger partial charge in [-0.1, -0.05) is 28.1 Å². The van der Waals surface area contributed by atoms with Crippen molar-refractivity contribution in [3.63, 3.8) is 0 Å². The summed E-state index contributed by atoms with van der Waals surface area (Å²) in [7, 11) is 0. The summed E-state index contributed by atoms with van der Waals surface area (Å²) >= 11 is 3.37. The number of esters is 2. The molecule has 1 fully saturated rings. The molecule has 0 aliphatic carbocycles. The lowest BCUT2D eigenvalue weighted by Crippen LogP contribution is -2.52. The molecule has 0 unspecified atom stereocenters. The maximum Gasteiger partial charge on any atom is 0.342 e. The number of hydrogen-bond donors (Lipinski definition) is 2. The molecule has 282 valence electrons. The van der Waals surface area contributed by atoms with E-state index in [0.717, 1.165) is 10.0 Å². The first-order valence-corrected chi connectivity index (χ1v) is 17.5. The molecule has 2 N–H and O–H groups in total. The van der Waals surface area contributed by atoms with Crippen LogP contribution in [0.1, 0.15) is 105 Å². The SMILES string of the molecule is CC(=O)[C@H](CCCCN(Cc1ccc(Br)cc1)C(=O)CC(=O)ON1C(=O)CCC1=O)NC(=O)N[C@@H](CCC(=O)OC(C)(C)C)C(=O)OC(C)(C)C. The predicted molar refractivity (Wildman–Crippen MR) is 186 cm³/mol. The number of carbonyl (C=O) groups is 8. The van der Waals surface area contributed by atoms with Crippen molar-refractivity contribution in [3.8, 4) is 0 Å². The van der Waals surface area contributed by atoms with Gasteiger partial charge in [-0.3, -0.25) is 24.0 Å². The Morgan fingerprint density at radius 1 is 0.824 bits per heavy atom. The van der Waals surface area contributed by atoms with Crippen LogP contribution in [0.4, 0.5) is 4.79 Å². The van der Waals surface area contributed by atoms with E-state index < -0.39 is 71.4 Å². The average Bonchev–Trinajstić information content (AvgIpc) is 3.31. The minimum Gasteiger partial charge on any atom is -0.460 e. The number of ketones is 1. The summed E-state index contributed by atoms with van der Waals surface area (Å²) in [6.45, 7) is 11.8. The number of hydroxylamine groups is 2. The minimum absolute atomic E-state index is 0.0774. The fourth-order valence-electron chi connectivity index (χ4n) is 4.79. The van der Waals surface area contributed by atoms with Crippen molar-refractivity contribution in [1.29, 1.82) is 0 Å². The van der Waals surface area contributed by atoms with Gasteiger partial charge in [-0.05, 0) is 91.8 Å². The summed E-state index contributed by atoms with van der Waals surface area (Å²) in [6, 6.07) is 4.27. The van der Waals surface area contributed by atoms with Gasteiger partial charge in [0.25, 0.3) is 11.8 Å². The van der Waals surface area contributed by atoms with Gasteiger partial charge in [0.05, 0.1) is 6.04 Å². The molecule has 0 bridgehead atoms. The highest BCUT2D eigenvalue weighted by molar-refractivity contribution is 9.10. The maximum atomic E-state index is 13.2. The van der Waals surface area contributed by atoms with E-state index in [-0.39, 0.29) is 51.0 Å². The van der Waals surface area contributed by atoms with Crippen LogP contribution in [-0.2, 0) is 54.4 Å². The topological polar surface area (TPSA) is 195 Å². The lowest BCUT2D eigenvalue weighted by molar-refractivity contribution is -0.198. The number of benzene rings is 1. The highest BCUT2D eigenvalue weighted by Crippen LogP contribution is 2.17. The van der Waals surface area contributed by atoms with Crippen molar-refractivity contribution in [3.05, 3.63) is 34.3 Å². The van der Waals surface area contributed by atoms with Gasteiger partial charge in [0.1, 0.15) is 23.7 Å². The van der Waals surface area contributed by atoms with Crippen LogP contribution in [0.15, 0.2) is 28.7 Å². The minimum atomic E-state index is -1.20. The second-order valence-electron chi connectivity index (χ2n) is 14.2. The van der Waals surface area contributed by atoms with Gasteiger partial charge in [-0.2, -0.15) is 0 Å². The summed E-state index contributed by atoms with van der Waals surface area (Å²) < 4.78 is 11.6. The number of Topliss-reactive ketones (excluding diaryl/α,β-unsaturated/α-hetero) is 1. The Morgan fingerprint density at radius 3 is 1.94 bits per heavy atom. The fourth-order valence-corrected chi connectivity index (χ4v) is 5.06. The van der Waals surface area contributed by atoms with Crippen LogP contribution >= 0.6 is 15.9 Å². The van der Waals surface area contributed by atoms with Crippen LogP contribution in [-0.4, -0.2) is 87.2 Å². The van der Waals surface area contributed by atoms with Crippen LogP contribution < -0.4 is 10.6 Å². The van der Waals surface area contributed by atoms with Crippen molar-refractivity contribution < 1.29 is 52.7 Å². The molecule has 1 heterocycles. The van der Waals surface area contributed by atoms with Gasteiger partial charge in [-0.15, -0.1) is 5.06 Å². The number of nitrogens with zero attached hydrogens (tertiary/aromatic N) is 2. The molecule has 2 atom stereocenters. The number of imide groups is 1. The molecule has 5 amide bonds. The lowest BCUT2D eigenvalue weighted by atomic mass is 10.1. The van der Waals surface area contributed by atoms with Crippen LogP contribution in [0.5, 0.6) is 0 Å². The third kappa shape index (κ3) is 16.5. The number of halogens is 1. The van der Waals surface area contributed by atoms with Gasteiger partial charge in [-0.25, -0.2) is 14.4 Å². The number of urea groups is 1. The first-order chi connectivity index (χ1) is 23.6. The molecule has 1 aliphatic rings. The number of nitrogens with one attached hydrogen (secondary N) is 2. The standard InChI is InChI=1S/C35H49BrN4O11/c1-22(41)25(37-33(48)38-26(32(47)50-35(5,6)7)15-18-30(45)49-34(2,3)4)10-8-9-19-39(21-23-11-13-24(36)14-12-23)29(44)20-31(46)51-40-27(42)16-17-28(40)43/h11-14,25-26H,8-10,15-21H2,1-7H3,(H2,37,38,48)/t25-,26-/m0/s1. The molecule has 1 aromatic carbocycles. The summed E-state index contributed by atoms with van der Waals surface area (Å²) in [5, 5.41) is 5.49. The number of unbranched alkanes of at least 4 members (excludes halogenated alkanes) is 1. The van der Waals surface area contributed by atoms with Crippen molar-refractivity contribution in [2.45, 2.75) is 130 Å². The third-order valence-electron chi connectivity index (χ3n) is 7.15. The molecule has 15 nitrogen and oxygen atoms in total. The second-order valence-corrected chi connectivity index (χ2v) is 15.1. The van der Waals surface area contributed by atoms with Crippen LogP contribution in [0.25, 0.3) is 0 Å². The molecule has 1 aromatic rings. The largest absolute Gasteiger partial charge is 0.460 e. The molecule has 51 heavy (non-hydrogen) atoms. The molecular weight excluding hydrogens is 732 g/mol. The summed E-state index contributed by atoms with van der Waals surface area (Å²) in [6.07, 6.45) is -0.176. The van der Waals surface area contributed by atoms with Gasteiger partial charge in [0.15, 0.2) is 5.78 Å².